The lowest BCUT2D eigenvalue weighted by Crippen LogP contribution is -2.52. The predicted octanol–water partition coefficient (Wildman–Crippen LogP) is 3.52. The fraction of sp³-hybridized carbons (Fsp3) is 0.438. The molecule has 4 amide bonds. The summed E-state index contributed by atoms with van der Waals surface area (Å²) in [6.07, 6.45) is 0.226. The summed E-state index contributed by atoms with van der Waals surface area (Å²) in [4.78, 5) is 56.5. The molecule has 2 fully saturated rings. The molecule has 43 heavy (non-hydrogen) atoms. The molecular formula is C32H37N5O6. The van der Waals surface area contributed by atoms with Crippen LogP contribution in [0.1, 0.15) is 55.2 Å². The lowest BCUT2D eigenvalue weighted by molar-refractivity contribution is -0.136. The summed E-state index contributed by atoms with van der Waals surface area (Å²) >= 11 is 0. The number of carbonyl (C=O) groups is 4. The third-order valence-corrected chi connectivity index (χ3v) is 8.33. The van der Waals surface area contributed by atoms with Crippen LogP contribution in [-0.2, 0) is 27.4 Å². The molecule has 3 aliphatic heterocycles. The number of hydrogen-bond donors (Lipinski definition) is 1. The number of piperidine rings is 1. The number of fused-ring (bicyclic) bond motifs is 3. The number of ether oxygens (including phenoxy) is 2. The smallest absolute Gasteiger partial charge is 0.410 e. The van der Waals surface area contributed by atoms with Crippen LogP contribution in [0, 0.1) is 0 Å². The van der Waals surface area contributed by atoms with E-state index in [2.05, 4.69) is 28.4 Å². The van der Waals surface area contributed by atoms with Crippen molar-refractivity contribution in [1.82, 2.24) is 19.7 Å². The van der Waals surface area contributed by atoms with Gasteiger partial charge in [-0.25, -0.2) is 4.79 Å². The van der Waals surface area contributed by atoms with Gasteiger partial charge in [-0.3, -0.25) is 19.7 Å². The highest BCUT2D eigenvalue weighted by atomic mass is 16.6. The highest BCUT2D eigenvalue weighted by molar-refractivity contribution is 6.08. The van der Waals surface area contributed by atoms with Gasteiger partial charge in [0, 0.05) is 62.3 Å². The molecule has 1 aromatic heterocycles. The zero-order chi connectivity index (χ0) is 30.5. The normalized spacial score (nSPS) is 19.1. The van der Waals surface area contributed by atoms with Crippen LogP contribution in [0.5, 0.6) is 5.75 Å². The molecule has 3 aliphatic rings. The standard InChI is InChI=1S/C32H37N5O6/c1-32(2,3)43-31(41)35-15-13-34(14-16-35)21-7-10-23-24-19-37(25-11-12-27(38)33-29(25)39)30(40)28(24)36(26(23)17-21)18-20-5-8-22(42-4)9-6-20/h5-10,17,25H,11-16,18-19H2,1-4H3,(H,33,38,39). The van der Waals surface area contributed by atoms with E-state index in [9.17, 15) is 19.2 Å². The van der Waals surface area contributed by atoms with E-state index in [1.165, 1.54) is 0 Å². The molecule has 6 rings (SSSR count). The summed E-state index contributed by atoms with van der Waals surface area (Å²) in [6.45, 7) is 8.78. The second-order valence-corrected chi connectivity index (χ2v) is 12.3. The molecule has 11 heteroatoms. The lowest BCUT2D eigenvalue weighted by atomic mass is 10.0. The molecule has 0 aliphatic carbocycles. The first-order chi connectivity index (χ1) is 20.5. The summed E-state index contributed by atoms with van der Waals surface area (Å²) in [5, 5.41) is 3.35. The van der Waals surface area contributed by atoms with Gasteiger partial charge in [-0.15, -0.1) is 0 Å². The van der Waals surface area contributed by atoms with E-state index >= 15 is 0 Å². The number of nitrogens with one attached hydrogen (secondary N) is 1. The number of benzene rings is 2. The molecule has 3 aromatic rings. The van der Waals surface area contributed by atoms with Crippen LogP contribution in [0.2, 0.25) is 0 Å². The molecule has 0 bridgehead atoms. The zero-order valence-electron chi connectivity index (χ0n) is 25.0. The average molecular weight is 588 g/mol. The van der Waals surface area contributed by atoms with E-state index in [4.69, 9.17) is 9.47 Å². The van der Waals surface area contributed by atoms with Crippen molar-refractivity contribution in [3.63, 3.8) is 0 Å². The van der Waals surface area contributed by atoms with Crippen LogP contribution in [-0.4, -0.2) is 83.1 Å². The number of hydrogen-bond acceptors (Lipinski definition) is 7. The van der Waals surface area contributed by atoms with Crippen molar-refractivity contribution in [3.8, 4) is 5.75 Å². The topological polar surface area (TPSA) is 113 Å². The Hall–Kier alpha value is -4.54. The van der Waals surface area contributed by atoms with Gasteiger partial charge < -0.3 is 28.7 Å². The highest BCUT2D eigenvalue weighted by Crippen LogP contribution is 2.38. The summed E-state index contributed by atoms with van der Waals surface area (Å²) in [7, 11) is 1.62. The molecule has 0 saturated carbocycles. The minimum atomic E-state index is -0.678. The van der Waals surface area contributed by atoms with Crippen molar-refractivity contribution in [1.29, 1.82) is 0 Å². The van der Waals surface area contributed by atoms with E-state index in [-0.39, 0.29) is 24.3 Å². The first-order valence-corrected chi connectivity index (χ1v) is 14.7. The quantitative estimate of drug-likeness (QED) is 0.455. The van der Waals surface area contributed by atoms with Gasteiger partial charge in [-0.2, -0.15) is 0 Å². The van der Waals surface area contributed by atoms with Crippen molar-refractivity contribution in [2.45, 2.75) is 58.3 Å². The largest absolute Gasteiger partial charge is 0.497 e. The molecule has 1 unspecified atom stereocenters. The Bertz CT molecular complexity index is 1600. The van der Waals surface area contributed by atoms with Gasteiger partial charge in [0.15, 0.2) is 0 Å². The second kappa shape index (κ2) is 10.9. The number of nitrogens with zero attached hydrogens (tertiary/aromatic N) is 4. The van der Waals surface area contributed by atoms with Gasteiger partial charge in [0.25, 0.3) is 5.91 Å². The van der Waals surface area contributed by atoms with Crippen LogP contribution in [0.4, 0.5) is 10.5 Å². The van der Waals surface area contributed by atoms with E-state index in [1.54, 1.807) is 16.9 Å². The van der Waals surface area contributed by atoms with Crippen LogP contribution in [0.15, 0.2) is 42.5 Å². The van der Waals surface area contributed by atoms with E-state index in [1.807, 2.05) is 49.6 Å². The minimum absolute atomic E-state index is 0.207. The predicted molar refractivity (Wildman–Crippen MR) is 160 cm³/mol. The lowest BCUT2D eigenvalue weighted by Gasteiger charge is -2.36. The van der Waals surface area contributed by atoms with Crippen molar-refractivity contribution in [2.24, 2.45) is 0 Å². The number of methoxy groups -OCH3 is 1. The molecule has 2 aromatic carbocycles. The molecule has 226 valence electrons. The summed E-state index contributed by atoms with van der Waals surface area (Å²) in [5.74, 6) is -0.186. The maximum Gasteiger partial charge on any atom is 0.410 e. The monoisotopic (exact) mass is 587 g/mol. The summed E-state index contributed by atoms with van der Waals surface area (Å²) in [6, 6.07) is 13.3. The Labute approximate surface area is 250 Å². The van der Waals surface area contributed by atoms with E-state index in [0.717, 1.165) is 33.5 Å². The van der Waals surface area contributed by atoms with Crippen LogP contribution >= 0.6 is 0 Å². The Kier molecular flexibility index (Phi) is 7.27. The Morgan fingerprint density at radius 1 is 1.00 bits per heavy atom. The van der Waals surface area contributed by atoms with Crippen LogP contribution < -0.4 is 15.0 Å². The molecule has 1 atom stereocenters. The maximum atomic E-state index is 14.0. The molecule has 2 saturated heterocycles. The maximum absolute atomic E-state index is 14.0. The van der Waals surface area contributed by atoms with E-state index < -0.39 is 17.6 Å². The summed E-state index contributed by atoms with van der Waals surface area (Å²) < 4.78 is 12.9. The van der Waals surface area contributed by atoms with Crippen LogP contribution in [0.25, 0.3) is 10.9 Å². The van der Waals surface area contributed by atoms with Crippen molar-refractivity contribution >= 4 is 40.4 Å². The van der Waals surface area contributed by atoms with Gasteiger partial charge in [0.2, 0.25) is 11.8 Å². The summed E-state index contributed by atoms with van der Waals surface area (Å²) in [5.41, 5.74) is 3.87. The molecule has 0 spiro atoms. The molecule has 1 N–H and O–H groups in total. The Morgan fingerprint density at radius 2 is 1.72 bits per heavy atom. The molecule has 11 nitrogen and oxygen atoms in total. The van der Waals surface area contributed by atoms with Gasteiger partial charge in [-0.1, -0.05) is 18.2 Å². The number of carbonyl (C=O) groups excluding carboxylic acids is 4. The van der Waals surface area contributed by atoms with E-state index in [0.29, 0.717) is 51.4 Å². The number of aromatic nitrogens is 1. The highest BCUT2D eigenvalue weighted by Gasteiger charge is 2.42. The number of rotatable bonds is 5. The van der Waals surface area contributed by atoms with Crippen molar-refractivity contribution < 1.29 is 28.7 Å². The Morgan fingerprint density at radius 3 is 2.37 bits per heavy atom. The van der Waals surface area contributed by atoms with Crippen molar-refractivity contribution in [2.75, 3.05) is 38.2 Å². The average Bonchev–Trinajstić information content (AvgIpc) is 3.46. The van der Waals surface area contributed by atoms with Gasteiger partial charge in [0.1, 0.15) is 23.1 Å². The number of amides is 4. The van der Waals surface area contributed by atoms with Crippen LogP contribution in [0.3, 0.4) is 0 Å². The molecular weight excluding hydrogens is 550 g/mol. The second-order valence-electron chi connectivity index (χ2n) is 12.3. The first-order valence-electron chi connectivity index (χ1n) is 14.7. The van der Waals surface area contributed by atoms with Crippen molar-refractivity contribution in [3.05, 3.63) is 59.3 Å². The minimum Gasteiger partial charge on any atom is -0.497 e. The number of imide groups is 1. The molecule has 0 radical (unpaired) electrons. The van der Waals surface area contributed by atoms with Gasteiger partial charge >= 0.3 is 6.09 Å². The fourth-order valence-corrected chi connectivity index (χ4v) is 6.17. The molecule has 4 heterocycles. The fourth-order valence-electron chi connectivity index (χ4n) is 6.17. The number of anilines is 1. The number of piperazine rings is 1. The third-order valence-electron chi connectivity index (χ3n) is 8.33. The third kappa shape index (κ3) is 5.51. The SMILES string of the molecule is COc1ccc(Cn2c3c(c4ccc(N5CCN(C(=O)OC(C)(C)C)CC5)cc42)CN(C2CCC(=O)NC2=O)C3=O)cc1. The Balaban J connectivity index is 1.31. The first kappa shape index (κ1) is 28.6. The van der Waals surface area contributed by atoms with Gasteiger partial charge in [0.05, 0.1) is 12.6 Å². The van der Waals surface area contributed by atoms with Gasteiger partial charge in [-0.05, 0) is 57.0 Å². The zero-order valence-corrected chi connectivity index (χ0v) is 25.0.